The molecule has 2 atom stereocenters. The summed E-state index contributed by atoms with van der Waals surface area (Å²) in [6.07, 6.45) is 5.01. The first-order valence-corrected chi connectivity index (χ1v) is 6.79. The third-order valence-corrected chi connectivity index (χ3v) is 4.70. The van der Waals surface area contributed by atoms with E-state index < -0.39 is 0 Å². The molecule has 4 heteroatoms. The van der Waals surface area contributed by atoms with E-state index in [9.17, 15) is 4.79 Å². The minimum atomic E-state index is -0.0536. The van der Waals surface area contributed by atoms with Gasteiger partial charge in [0.25, 0.3) is 0 Å². The Bertz CT molecular complexity index is 229. The lowest BCUT2D eigenvalue weighted by atomic mass is 10.0. The van der Waals surface area contributed by atoms with E-state index in [1.807, 2.05) is 0 Å². The van der Waals surface area contributed by atoms with Crippen molar-refractivity contribution in [3.8, 4) is 0 Å². The van der Waals surface area contributed by atoms with Crippen molar-refractivity contribution in [3.05, 3.63) is 0 Å². The van der Waals surface area contributed by atoms with Crippen molar-refractivity contribution in [2.24, 2.45) is 0 Å². The molecule has 2 saturated heterocycles. The zero-order valence-corrected chi connectivity index (χ0v) is 10.1. The van der Waals surface area contributed by atoms with Crippen molar-refractivity contribution in [1.82, 2.24) is 4.90 Å². The van der Waals surface area contributed by atoms with Crippen molar-refractivity contribution in [2.45, 2.75) is 37.0 Å². The van der Waals surface area contributed by atoms with E-state index in [4.69, 9.17) is 4.74 Å². The van der Waals surface area contributed by atoms with Gasteiger partial charge in [0, 0.05) is 18.3 Å². The smallest absolute Gasteiger partial charge is 0.323 e. The lowest BCUT2D eigenvalue weighted by molar-refractivity contribution is -0.151. The molecule has 0 aromatic heterocycles. The first kappa shape index (κ1) is 11.3. The molecule has 2 aliphatic heterocycles. The molecular weight excluding hydrogens is 210 g/mol. The number of esters is 1. The first-order chi connectivity index (χ1) is 7.31. The van der Waals surface area contributed by atoms with E-state index in [1.54, 1.807) is 0 Å². The van der Waals surface area contributed by atoms with Crippen molar-refractivity contribution in [1.29, 1.82) is 0 Å². The van der Waals surface area contributed by atoms with Crippen molar-refractivity contribution < 1.29 is 9.53 Å². The van der Waals surface area contributed by atoms with Crippen LogP contribution in [0.15, 0.2) is 0 Å². The van der Waals surface area contributed by atoms with Crippen LogP contribution in [0.1, 0.15) is 25.7 Å². The number of hydrogen-bond donors (Lipinski definition) is 0. The topological polar surface area (TPSA) is 29.5 Å². The predicted molar refractivity (Wildman–Crippen MR) is 62.1 cm³/mol. The van der Waals surface area contributed by atoms with Crippen LogP contribution < -0.4 is 0 Å². The number of rotatable bonds is 3. The molecule has 2 rings (SSSR count). The molecule has 0 aromatic carbocycles. The van der Waals surface area contributed by atoms with E-state index in [0.29, 0.717) is 0 Å². The molecule has 0 amide bonds. The van der Waals surface area contributed by atoms with Crippen LogP contribution in [0.25, 0.3) is 0 Å². The Hall–Kier alpha value is -0.220. The summed E-state index contributed by atoms with van der Waals surface area (Å²) in [6, 6.07) is 0.0533. The maximum Gasteiger partial charge on any atom is 0.323 e. The Morgan fingerprint density at radius 1 is 1.47 bits per heavy atom. The van der Waals surface area contributed by atoms with E-state index in [1.165, 1.54) is 32.1 Å². The van der Waals surface area contributed by atoms with Crippen LogP contribution in [-0.2, 0) is 9.53 Å². The summed E-state index contributed by atoms with van der Waals surface area (Å²) in [6.45, 7) is 2.14. The number of methoxy groups -OCH3 is 1. The molecule has 0 radical (unpaired) electrons. The molecule has 0 bridgehead atoms. The highest BCUT2D eigenvalue weighted by atomic mass is 32.2. The van der Waals surface area contributed by atoms with E-state index >= 15 is 0 Å². The average Bonchev–Trinajstić information content (AvgIpc) is 2.25. The fraction of sp³-hybridized carbons (Fsp3) is 0.909. The summed E-state index contributed by atoms with van der Waals surface area (Å²) in [5.41, 5.74) is 0. The minimum absolute atomic E-state index is 0.0533. The maximum atomic E-state index is 11.4. The van der Waals surface area contributed by atoms with Crippen molar-refractivity contribution in [3.63, 3.8) is 0 Å². The van der Waals surface area contributed by atoms with Crippen LogP contribution in [0, 0.1) is 0 Å². The predicted octanol–water partition coefficient (Wildman–Crippen LogP) is 1.52. The molecule has 2 heterocycles. The van der Waals surface area contributed by atoms with Gasteiger partial charge in [-0.3, -0.25) is 9.69 Å². The van der Waals surface area contributed by atoms with Gasteiger partial charge in [-0.05, 0) is 25.0 Å². The SMILES string of the molecule is COC(=O)C1CCN1CC1CCCCS1. The highest BCUT2D eigenvalue weighted by Gasteiger charge is 2.36. The number of likely N-dealkylation sites (tertiary alicyclic amines) is 1. The number of nitrogens with zero attached hydrogens (tertiary/aromatic N) is 1. The molecule has 0 spiro atoms. The third-order valence-electron chi connectivity index (χ3n) is 3.32. The fourth-order valence-electron chi connectivity index (χ4n) is 2.28. The van der Waals surface area contributed by atoms with Crippen LogP contribution in [-0.4, -0.2) is 48.1 Å². The van der Waals surface area contributed by atoms with Gasteiger partial charge in [-0.2, -0.15) is 11.8 Å². The summed E-state index contributed by atoms with van der Waals surface area (Å²) in [5.74, 6) is 1.24. The van der Waals surface area contributed by atoms with Crippen molar-refractivity contribution in [2.75, 3.05) is 26.0 Å². The molecule has 86 valence electrons. The van der Waals surface area contributed by atoms with E-state index in [2.05, 4.69) is 16.7 Å². The van der Waals surface area contributed by atoms with Crippen LogP contribution in [0.3, 0.4) is 0 Å². The number of hydrogen-bond acceptors (Lipinski definition) is 4. The summed E-state index contributed by atoms with van der Waals surface area (Å²) >= 11 is 2.07. The largest absolute Gasteiger partial charge is 0.468 e. The van der Waals surface area contributed by atoms with Gasteiger partial charge in [0.1, 0.15) is 6.04 Å². The fourth-order valence-corrected chi connectivity index (χ4v) is 3.61. The van der Waals surface area contributed by atoms with E-state index in [-0.39, 0.29) is 12.0 Å². The molecule has 2 aliphatic rings. The summed E-state index contributed by atoms with van der Waals surface area (Å²) < 4.78 is 4.79. The monoisotopic (exact) mass is 229 g/mol. The van der Waals surface area contributed by atoms with Gasteiger partial charge in [0.15, 0.2) is 0 Å². The van der Waals surface area contributed by atoms with Crippen LogP contribution in [0.5, 0.6) is 0 Å². The second kappa shape index (κ2) is 5.21. The minimum Gasteiger partial charge on any atom is -0.468 e. The number of carbonyl (C=O) groups excluding carboxylic acids is 1. The van der Waals surface area contributed by atoms with Gasteiger partial charge in [-0.1, -0.05) is 6.42 Å². The molecule has 15 heavy (non-hydrogen) atoms. The standard InChI is InChI=1S/C11H19NO2S/c1-14-11(13)10-5-6-12(10)8-9-4-2-3-7-15-9/h9-10H,2-8H2,1H3. The van der Waals surface area contributed by atoms with Gasteiger partial charge in [0.2, 0.25) is 0 Å². The van der Waals surface area contributed by atoms with Gasteiger partial charge in [-0.15, -0.1) is 0 Å². The highest BCUT2D eigenvalue weighted by molar-refractivity contribution is 7.99. The second-order valence-electron chi connectivity index (χ2n) is 4.31. The highest BCUT2D eigenvalue weighted by Crippen LogP contribution is 2.28. The lowest BCUT2D eigenvalue weighted by Crippen LogP contribution is -2.54. The molecule has 0 aliphatic carbocycles. The number of carbonyl (C=O) groups is 1. The van der Waals surface area contributed by atoms with Crippen LogP contribution in [0.4, 0.5) is 0 Å². The van der Waals surface area contributed by atoms with Gasteiger partial charge < -0.3 is 4.74 Å². The van der Waals surface area contributed by atoms with Crippen LogP contribution >= 0.6 is 11.8 Å². The molecule has 0 N–H and O–H groups in total. The van der Waals surface area contributed by atoms with Crippen molar-refractivity contribution >= 4 is 17.7 Å². The summed E-state index contributed by atoms with van der Waals surface area (Å²) in [4.78, 5) is 13.6. The number of ether oxygens (including phenoxy) is 1. The Morgan fingerprint density at radius 3 is 2.87 bits per heavy atom. The van der Waals surface area contributed by atoms with Gasteiger partial charge in [-0.25, -0.2) is 0 Å². The zero-order valence-electron chi connectivity index (χ0n) is 9.28. The van der Waals surface area contributed by atoms with Crippen LogP contribution in [0.2, 0.25) is 0 Å². The molecular formula is C11H19NO2S. The van der Waals surface area contributed by atoms with Gasteiger partial charge in [0.05, 0.1) is 7.11 Å². The second-order valence-corrected chi connectivity index (χ2v) is 5.72. The Morgan fingerprint density at radius 2 is 2.33 bits per heavy atom. The Balaban J connectivity index is 1.76. The maximum absolute atomic E-state index is 11.4. The molecule has 0 aromatic rings. The normalized spacial score (nSPS) is 32.1. The Kier molecular flexibility index (Phi) is 3.92. The third kappa shape index (κ3) is 2.67. The van der Waals surface area contributed by atoms with E-state index in [0.717, 1.165) is 24.8 Å². The molecule has 2 fully saturated rings. The summed E-state index contributed by atoms with van der Waals surface area (Å²) in [5, 5.41) is 0.742. The average molecular weight is 229 g/mol. The molecule has 2 unspecified atom stereocenters. The lowest BCUT2D eigenvalue weighted by Gasteiger charge is -2.41. The summed E-state index contributed by atoms with van der Waals surface area (Å²) in [7, 11) is 1.48. The number of thioether (sulfide) groups is 1. The quantitative estimate of drug-likeness (QED) is 0.686. The molecule has 3 nitrogen and oxygen atoms in total. The Labute approximate surface area is 95.5 Å². The first-order valence-electron chi connectivity index (χ1n) is 5.74. The molecule has 0 saturated carbocycles. The zero-order chi connectivity index (χ0) is 10.7. The van der Waals surface area contributed by atoms with Gasteiger partial charge >= 0.3 is 5.97 Å².